The Morgan fingerprint density at radius 3 is 1.46 bits per heavy atom. The molecule has 2 saturated heterocycles. The molecular formula is C44H44O21. The van der Waals surface area contributed by atoms with Crippen LogP contribution >= 0.6 is 0 Å². The zero-order valence-electron chi connectivity index (χ0n) is 33.8. The highest BCUT2D eigenvalue weighted by molar-refractivity contribution is 6.42. The number of ether oxygens (including phenoxy) is 2. The average molecular weight is 909 g/mol. The third-order valence-corrected chi connectivity index (χ3v) is 11.6. The summed E-state index contributed by atoms with van der Waals surface area (Å²) in [5.74, 6) is -14.3. The number of carbonyl (C=O) groups excluding carboxylic acids is 5. The van der Waals surface area contributed by atoms with Crippen molar-refractivity contribution in [3.63, 3.8) is 0 Å². The number of benzene rings is 2. The average Bonchev–Trinajstić information content (AvgIpc) is 3.28. The monoisotopic (exact) mass is 908 g/mol. The maximum Gasteiger partial charge on any atom is 0.214 e. The van der Waals surface area contributed by atoms with E-state index in [9.17, 15) is 95.5 Å². The number of allylic oxidation sites excluding steroid dienone is 6. The fourth-order valence-electron chi connectivity index (χ4n) is 7.87. The largest absolute Gasteiger partial charge is 0.508 e. The molecule has 2 aliphatic heterocycles. The molecule has 12 atom stereocenters. The fraction of sp³-hybridized carbons (Fsp3) is 0.341. The zero-order valence-corrected chi connectivity index (χ0v) is 33.8. The van der Waals surface area contributed by atoms with Crippen LogP contribution < -0.4 is 0 Å². The topological polar surface area (TPSA) is 387 Å². The molecule has 2 fully saturated rings. The molecule has 65 heavy (non-hydrogen) atoms. The second-order valence-electron chi connectivity index (χ2n) is 15.6. The van der Waals surface area contributed by atoms with Gasteiger partial charge in [0.15, 0.2) is 11.6 Å². The Morgan fingerprint density at radius 1 is 0.585 bits per heavy atom. The summed E-state index contributed by atoms with van der Waals surface area (Å²) in [5.41, 5.74) is -13.1. The van der Waals surface area contributed by atoms with Crippen LogP contribution in [-0.2, 0) is 33.4 Å². The van der Waals surface area contributed by atoms with Gasteiger partial charge in [-0.25, -0.2) is 0 Å². The molecule has 21 nitrogen and oxygen atoms in total. The first kappa shape index (κ1) is 48.3. The summed E-state index contributed by atoms with van der Waals surface area (Å²) in [4.78, 5) is 71.0. The third-order valence-electron chi connectivity index (χ3n) is 11.6. The molecule has 2 heterocycles. The van der Waals surface area contributed by atoms with Gasteiger partial charge in [-0.05, 0) is 60.0 Å². The van der Waals surface area contributed by atoms with Crippen LogP contribution in [0.4, 0.5) is 0 Å². The third kappa shape index (κ3) is 8.24. The predicted molar refractivity (Wildman–Crippen MR) is 217 cm³/mol. The maximum atomic E-state index is 14.6. The number of phenolic OH excluding ortho intramolecular Hbond substituents is 2. The second-order valence-corrected chi connectivity index (χ2v) is 15.6. The molecule has 0 bridgehead atoms. The number of aliphatic hydroxyl groups is 12. The van der Waals surface area contributed by atoms with Crippen molar-refractivity contribution in [2.45, 2.75) is 85.6 Å². The lowest BCUT2D eigenvalue weighted by Gasteiger charge is -2.47. The van der Waals surface area contributed by atoms with E-state index in [1.54, 1.807) is 0 Å². The lowest BCUT2D eigenvalue weighted by Crippen LogP contribution is -2.69. The number of hydrogen-bond acceptors (Lipinski definition) is 21. The van der Waals surface area contributed by atoms with Crippen molar-refractivity contribution in [2.24, 2.45) is 0 Å². The lowest BCUT2D eigenvalue weighted by molar-refractivity contribution is -0.262. The minimum atomic E-state index is -3.87. The second kappa shape index (κ2) is 18.3. The molecule has 2 aromatic carbocycles. The molecule has 0 amide bonds. The van der Waals surface area contributed by atoms with E-state index in [-0.39, 0.29) is 35.1 Å². The normalized spacial score (nSPS) is 34.4. The molecule has 12 unspecified atom stereocenters. The molecule has 6 rings (SSSR count). The van der Waals surface area contributed by atoms with Gasteiger partial charge in [0, 0.05) is 0 Å². The van der Waals surface area contributed by atoms with Crippen LogP contribution in [0.3, 0.4) is 0 Å². The molecule has 4 aliphatic rings. The molecule has 346 valence electrons. The molecule has 2 aromatic rings. The predicted octanol–water partition coefficient (Wildman–Crippen LogP) is -2.38. The van der Waals surface area contributed by atoms with E-state index in [0.717, 1.165) is 12.2 Å². The molecule has 0 radical (unpaired) electrons. The van der Waals surface area contributed by atoms with Crippen molar-refractivity contribution in [1.29, 1.82) is 0 Å². The van der Waals surface area contributed by atoms with E-state index in [1.165, 1.54) is 55.5 Å². The van der Waals surface area contributed by atoms with E-state index < -0.39 is 147 Å². The van der Waals surface area contributed by atoms with Gasteiger partial charge in [0.25, 0.3) is 0 Å². The Hall–Kier alpha value is -6.21. The van der Waals surface area contributed by atoms with Crippen LogP contribution in [0.2, 0.25) is 0 Å². The maximum absolute atomic E-state index is 14.6. The first-order valence-electron chi connectivity index (χ1n) is 19.7. The van der Waals surface area contributed by atoms with E-state index in [1.807, 2.05) is 0 Å². The number of aliphatic hydroxyl groups excluding tert-OH is 10. The Kier molecular flexibility index (Phi) is 13.6. The van der Waals surface area contributed by atoms with Gasteiger partial charge in [-0.2, -0.15) is 0 Å². The first-order valence-corrected chi connectivity index (χ1v) is 19.7. The van der Waals surface area contributed by atoms with Gasteiger partial charge in [-0.1, -0.05) is 43.3 Å². The van der Waals surface area contributed by atoms with Gasteiger partial charge in [0.05, 0.1) is 23.9 Å². The zero-order chi connectivity index (χ0) is 48.0. The Bertz CT molecular complexity index is 2460. The Balaban J connectivity index is 1.59. The Labute approximate surface area is 366 Å². The number of aromatic hydroxyl groups is 2. The van der Waals surface area contributed by atoms with Crippen molar-refractivity contribution in [3.8, 4) is 11.5 Å². The molecule has 0 saturated carbocycles. The summed E-state index contributed by atoms with van der Waals surface area (Å²) < 4.78 is 11.0. The highest BCUT2D eigenvalue weighted by atomic mass is 16.6. The van der Waals surface area contributed by atoms with Crippen LogP contribution in [0.25, 0.3) is 12.2 Å². The number of rotatable bonds is 11. The number of phenols is 2. The van der Waals surface area contributed by atoms with Gasteiger partial charge in [-0.3, -0.25) is 24.0 Å². The van der Waals surface area contributed by atoms with Crippen molar-refractivity contribution in [3.05, 3.63) is 117 Å². The fourth-order valence-corrected chi connectivity index (χ4v) is 7.87. The molecule has 14 N–H and O–H groups in total. The van der Waals surface area contributed by atoms with Crippen molar-refractivity contribution in [1.82, 2.24) is 0 Å². The van der Waals surface area contributed by atoms with Crippen LogP contribution in [0, 0.1) is 0 Å². The van der Waals surface area contributed by atoms with Gasteiger partial charge in [0.2, 0.25) is 28.6 Å². The van der Waals surface area contributed by atoms with Crippen molar-refractivity contribution >= 4 is 41.1 Å². The summed E-state index contributed by atoms with van der Waals surface area (Å²) in [6, 6.07) is 10.1. The quantitative estimate of drug-likeness (QED) is 0.0827. The van der Waals surface area contributed by atoms with E-state index >= 15 is 0 Å². The number of Topliss-reactive ketones (excluding diaryl/α,β-unsaturated/α-hetero) is 3. The van der Waals surface area contributed by atoms with Crippen LogP contribution in [0.1, 0.15) is 24.5 Å². The molecular weight excluding hydrogens is 864 g/mol. The van der Waals surface area contributed by atoms with Crippen LogP contribution in [0.15, 0.2) is 106 Å². The summed E-state index contributed by atoms with van der Waals surface area (Å²) in [6.45, 7) is 0.271. The summed E-state index contributed by atoms with van der Waals surface area (Å²) in [5, 5.41) is 153. The summed E-state index contributed by atoms with van der Waals surface area (Å²) in [6.07, 6.45) is -18.6. The lowest BCUT2D eigenvalue weighted by atomic mass is 9.70. The first-order chi connectivity index (χ1) is 30.5. The van der Waals surface area contributed by atoms with Gasteiger partial charge in [0.1, 0.15) is 94.9 Å². The van der Waals surface area contributed by atoms with Crippen LogP contribution in [0.5, 0.6) is 11.5 Å². The Morgan fingerprint density at radius 2 is 1.00 bits per heavy atom. The molecule has 0 spiro atoms. The van der Waals surface area contributed by atoms with Crippen molar-refractivity contribution < 1.29 is 105 Å². The summed E-state index contributed by atoms with van der Waals surface area (Å²) in [7, 11) is 0. The number of ketones is 5. The number of carbonyl (C=O) groups is 5. The van der Waals surface area contributed by atoms with E-state index in [2.05, 4.69) is 0 Å². The highest BCUT2D eigenvalue weighted by Crippen LogP contribution is 2.45. The SMILES string of the molecule is CCC1OC(C2(O)C(O)=C(C=C3C(=O)C(C(=O)C=Cc4ccc(O)cc4)=C(O)C(O)(C4OC(CO)C(O)C(O)C4O)C3=O)C(=O)C(C(=O)C=Cc3ccc(O)cc3)=C2O)C(O)C(O)C1O. The standard InChI is InChI=1S/C44H44O21/c1-2-25-31(52)33(54)35(56)41(64-25)43(62)37(58)21(29(50)27(39(43)60)23(48)13-7-17-3-9-19(46)10-4-17)15-22-30(51)28(24(49)14-8-18-5-11-20(47)12-6-18)40(61)44(63,38(22)59)42-36(57)34(55)32(53)26(16-45)65-42/h3-15,25-26,31-36,41-42,45-47,52-58,60-63H,2,16H2,1H3. The number of hydrogen-bond donors (Lipinski definition) is 14. The molecule has 2 aliphatic carbocycles. The molecule has 0 aromatic heterocycles. The van der Waals surface area contributed by atoms with Gasteiger partial charge in [-0.15, -0.1) is 0 Å². The van der Waals surface area contributed by atoms with Gasteiger partial charge >= 0.3 is 0 Å². The highest BCUT2D eigenvalue weighted by Gasteiger charge is 2.64. The van der Waals surface area contributed by atoms with E-state index in [4.69, 9.17) is 9.47 Å². The summed E-state index contributed by atoms with van der Waals surface area (Å²) >= 11 is 0. The minimum absolute atomic E-state index is 0.118. The van der Waals surface area contributed by atoms with Gasteiger partial charge < -0.3 is 81.0 Å². The smallest absolute Gasteiger partial charge is 0.214 e. The van der Waals surface area contributed by atoms with Crippen LogP contribution in [-0.4, -0.2) is 179 Å². The molecule has 21 heteroatoms. The van der Waals surface area contributed by atoms with E-state index in [0.29, 0.717) is 12.2 Å². The van der Waals surface area contributed by atoms with Crippen molar-refractivity contribution in [2.75, 3.05) is 6.61 Å². The minimum Gasteiger partial charge on any atom is -0.508 e.